The molecule has 0 rings (SSSR count). The summed E-state index contributed by atoms with van der Waals surface area (Å²) < 4.78 is 0. The Hall–Kier alpha value is -0.0800. The first kappa shape index (κ1) is 12.9. The second kappa shape index (κ2) is 4.97. The minimum atomic E-state index is 0.226. The van der Waals surface area contributed by atoms with Crippen molar-refractivity contribution in [3.8, 4) is 0 Å². The van der Waals surface area contributed by atoms with Crippen LogP contribution in [-0.4, -0.2) is 19.6 Å². The first-order valence-corrected chi connectivity index (χ1v) is 5.24. The van der Waals surface area contributed by atoms with Gasteiger partial charge in [-0.3, -0.25) is 0 Å². The lowest BCUT2D eigenvalue weighted by Crippen LogP contribution is -2.39. The average Bonchev–Trinajstić information content (AvgIpc) is 2.04. The SMILES string of the molecule is CCC(C)(C)CNCC(C)(C)CN. The maximum atomic E-state index is 5.65. The van der Waals surface area contributed by atoms with Gasteiger partial charge in [-0.05, 0) is 23.8 Å². The summed E-state index contributed by atoms with van der Waals surface area (Å²) in [5, 5.41) is 3.49. The second-order valence-corrected chi connectivity index (χ2v) is 5.49. The minimum absolute atomic E-state index is 0.226. The summed E-state index contributed by atoms with van der Waals surface area (Å²) in [5.41, 5.74) is 6.28. The Balaban J connectivity index is 3.68. The maximum absolute atomic E-state index is 5.65. The third-order valence-electron chi connectivity index (χ3n) is 2.72. The standard InChI is InChI=1S/C11H26N2/c1-6-10(2,3)8-13-9-11(4,5)7-12/h13H,6-9,12H2,1-5H3. The molecule has 0 saturated heterocycles. The molecule has 0 aromatic heterocycles. The molecule has 0 atom stereocenters. The molecule has 3 N–H and O–H groups in total. The van der Waals surface area contributed by atoms with Crippen LogP contribution in [-0.2, 0) is 0 Å². The number of hydrogen-bond acceptors (Lipinski definition) is 2. The molecular weight excluding hydrogens is 160 g/mol. The van der Waals surface area contributed by atoms with Gasteiger partial charge in [-0.25, -0.2) is 0 Å². The molecule has 0 spiro atoms. The van der Waals surface area contributed by atoms with Gasteiger partial charge in [0.05, 0.1) is 0 Å². The Morgan fingerprint density at radius 2 is 1.46 bits per heavy atom. The summed E-state index contributed by atoms with van der Waals surface area (Å²) in [6.07, 6.45) is 1.21. The van der Waals surface area contributed by atoms with E-state index in [1.807, 2.05) is 0 Å². The monoisotopic (exact) mass is 186 g/mol. The fourth-order valence-electron chi connectivity index (χ4n) is 0.936. The van der Waals surface area contributed by atoms with Crippen molar-refractivity contribution in [3.05, 3.63) is 0 Å². The molecule has 0 bridgehead atoms. The van der Waals surface area contributed by atoms with Gasteiger partial charge in [-0.15, -0.1) is 0 Å². The van der Waals surface area contributed by atoms with Gasteiger partial charge in [-0.1, -0.05) is 34.6 Å². The van der Waals surface area contributed by atoms with Crippen LogP contribution in [0.5, 0.6) is 0 Å². The van der Waals surface area contributed by atoms with Gasteiger partial charge < -0.3 is 11.1 Å². The molecule has 2 nitrogen and oxygen atoms in total. The van der Waals surface area contributed by atoms with Gasteiger partial charge >= 0.3 is 0 Å². The van der Waals surface area contributed by atoms with Crippen molar-refractivity contribution < 1.29 is 0 Å². The number of nitrogens with two attached hydrogens (primary N) is 1. The summed E-state index contributed by atoms with van der Waals surface area (Å²) in [6.45, 7) is 14.0. The van der Waals surface area contributed by atoms with Crippen molar-refractivity contribution >= 4 is 0 Å². The van der Waals surface area contributed by atoms with Gasteiger partial charge in [-0.2, -0.15) is 0 Å². The van der Waals surface area contributed by atoms with E-state index >= 15 is 0 Å². The molecule has 0 radical (unpaired) electrons. The van der Waals surface area contributed by atoms with Crippen molar-refractivity contribution in [2.24, 2.45) is 16.6 Å². The highest BCUT2D eigenvalue weighted by Gasteiger charge is 2.18. The molecule has 0 aliphatic rings. The first-order chi connectivity index (χ1) is 5.83. The van der Waals surface area contributed by atoms with E-state index in [9.17, 15) is 0 Å². The zero-order valence-electron chi connectivity index (χ0n) is 9.91. The van der Waals surface area contributed by atoms with Gasteiger partial charge in [0.2, 0.25) is 0 Å². The van der Waals surface area contributed by atoms with Crippen molar-refractivity contribution in [2.45, 2.75) is 41.0 Å². The van der Waals surface area contributed by atoms with E-state index in [1.165, 1.54) is 6.42 Å². The van der Waals surface area contributed by atoms with Gasteiger partial charge in [0.15, 0.2) is 0 Å². The quantitative estimate of drug-likeness (QED) is 0.666. The normalized spacial score (nSPS) is 13.4. The zero-order chi connectivity index (χ0) is 10.5. The fraction of sp³-hybridized carbons (Fsp3) is 1.00. The van der Waals surface area contributed by atoms with Crippen LogP contribution >= 0.6 is 0 Å². The molecule has 0 saturated carbocycles. The number of rotatable bonds is 6. The highest BCUT2D eigenvalue weighted by atomic mass is 14.9. The Morgan fingerprint density at radius 1 is 1.00 bits per heavy atom. The second-order valence-electron chi connectivity index (χ2n) is 5.49. The van der Waals surface area contributed by atoms with E-state index in [1.54, 1.807) is 0 Å². The lowest BCUT2D eigenvalue weighted by molar-refractivity contribution is 0.285. The van der Waals surface area contributed by atoms with E-state index in [4.69, 9.17) is 5.73 Å². The predicted octanol–water partition coefficient (Wildman–Crippen LogP) is 2.00. The molecule has 13 heavy (non-hydrogen) atoms. The molecule has 80 valence electrons. The molecule has 0 aliphatic carbocycles. The largest absolute Gasteiger partial charge is 0.330 e. The number of hydrogen-bond donors (Lipinski definition) is 2. The molecule has 0 unspecified atom stereocenters. The third-order valence-corrected chi connectivity index (χ3v) is 2.72. The van der Waals surface area contributed by atoms with Crippen LogP contribution in [0, 0.1) is 10.8 Å². The van der Waals surface area contributed by atoms with Crippen molar-refractivity contribution in [3.63, 3.8) is 0 Å². The molecular formula is C11H26N2. The lowest BCUT2D eigenvalue weighted by atomic mass is 9.89. The average molecular weight is 186 g/mol. The first-order valence-electron chi connectivity index (χ1n) is 5.24. The molecule has 0 fully saturated rings. The maximum Gasteiger partial charge on any atom is 0.00148 e. The molecule has 2 heteroatoms. The molecule has 0 aromatic rings. The highest BCUT2D eigenvalue weighted by molar-refractivity contribution is 4.75. The van der Waals surface area contributed by atoms with Gasteiger partial charge in [0.25, 0.3) is 0 Å². The zero-order valence-corrected chi connectivity index (χ0v) is 9.91. The Morgan fingerprint density at radius 3 is 1.85 bits per heavy atom. The van der Waals surface area contributed by atoms with E-state index in [0.29, 0.717) is 5.41 Å². The summed E-state index contributed by atoms with van der Waals surface area (Å²) in [6, 6.07) is 0. The smallest absolute Gasteiger partial charge is 0.00148 e. The summed E-state index contributed by atoms with van der Waals surface area (Å²) in [5.74, 6) is 0. The Kier molecular flexibility index (Phi) is 4.93. The predicted molar refractivity (Wildman–Crippen MR) is 59.8 cm³/mol. The third kappa shape index (κ3) is 6.05. The van der Waals surface area contributed by atoms with Crippen LogP contribution in [0.25, 0.3) is 0 Å². The topological polar surface area (TPSA) is 38.0 Å². The summed E-state index contributed by atoms with van der Waals surface area (Å²) in [4.78, 5) is 0. The van der Waals surface area contributed by atoms with Crippen molar-refractivity contribution in [1.82, 2.24) is 5.32 Å². The molecule has 0 heterocycles. The van der Waals surface area contributed by atoms with E-state index in [2.05, 4.69) is 39.9 Å². The number of nitrogens with one attached hydrogen (secondary N) is 1. The van der Waals surface area contributed by atoms with Gasteiger partial charge in [0.1, 0.15) is 0 Å². The summed E-state index contributed by atoms with van der Waals surface area (Å²) in [7, 11) is 0. The van der Waals surface area contributed by atoms with Crippen LogP contribution in [0.2, 0.25) is 0 Å². The lowest BCUT2D eigenvalue weighted by Gasteiger charge is -2.28. The van der Waals surface area contributed by atoms with Crippen LogP contribution in [0.1, 0.15) is 41.0 Å². The van der Waals surface area contributed by atoms with Crippen LogP contribution in [0.3, 0.4) is 0 Å². The highest BCUT2D eigenvalue weighted by Crippen LogP contribution is 2.18. The molecule has 0 amide bonds. The molecule has 0 aromatic carbocycles. The van der Waals surface area contributed by atoms with Crippen LogP contribution < -0.4 is 11.1 Å². The van der Waals surface area contributed by atoms with Crippen molar-refractivity contribution in [1.29, 1.82) is 0 Å². The van der Waals surface area contributed by atoms with E-state index < -0.39 is 0 Å². The minimum Gasteiger partial charge on any atom is -0.330 e. The molecule has 0 aliphatic heterocycles. The van der Waals surface area contributed by atoms with E-state index in [0.717, 1.165) is 19.6 Å². The Bertz CT molecular complexity index is 123. The van der Waals surface area contributed by atoms with Crippen LogP contribution in [0.15, 0.2) is 0 Å². The van der Waals surface area contributed by atoms with E-state index in [-0.39, 0.29) is 5.41 Å². The van der Waals surface area contributed by atoms with Crippen molar-refractivity contribution in [2.75, 3.05) is 19.6 Å². The fourth-order valence-corrected chi connectivity index (χ4v) is 0.936. The van der Waals surface area contributed by atoms with Gasteiger partial charge in [0, 0.05) is 13.1 Å². The summed E-state index contributed by atoms with van der Waals surface area (Å²) >= 11 is 0. The van der Waals surface area contributed by atoms with Crippen LogP contribution in [0.4, 0.5) is 0 Å². The Labute approximate surface area is 83.3 Å².